The molecule has 5 heteroatoms. The zero-order valence-electron chi connectivity index (χ0n) is 14.0. The summed E-state index contributed by atoms with van der Waals surface area (Å²) in [5, 5.41) is 10.5. The normalized spacial score (nSPS) is 20.5. The minimum atomic E-state index is -0.717. The van der Waals surface area contributed by atoms with Crippen LogP contribution in [0.15, 0.2) is 48.8 Å². The van der Waals surface area contributed by atoms with Crippen LogP contribution >= 0.6 is 0 Å². The molecular formula is C18H22BNO3. The lowest BCUT2D eigenvalue weighted by Crippen LogP contribution is -2.41. The number of aliphatic hydroxyl groups is 1. The Morgan fingerprint density at radius 3 is 2.17 bits per heavy atom. The summed E-state index contributed by atoms with van der Waals surface area (Å²) in [6.07, 6.45) is 2.68. The van der Waals surface area contributed by atoms with E-state index >= 15 is 0 Å². The largest absolute Gasteiger partial charge is 0.496 e. The highest BCUT2D eigenvalue weighted by molar-refractivity contribution is 6.62. The summed E-state index contributed by atoms with van der Waals surface area (Å²) in [5.74, 6) is 0. The number of aromatic nitrogens is 1. The summed E-state index contributed by atoms with van der Waals surface area (Å²) in [6, 6.07) is 11.4. The molecule has 120 valence electrons. The van der Waals surface area contributed by atoms with Crippen molar-refractivity contribution in [2.24, 2.45) is 0 Å². The van der Waals surface area contributed by atoms with Crippen LogP contribution in [0.25, 0.3) is 0 Å². The Balaban J connectivity index is 1.87. The van der Waals surface area contributed by atoms with Crippen molar-refractivity contribution >= 4 is 12.6 Å². The molecule has 1 fully saturated rings. The van der Waals surface area contributed by atoms with E-state index in [1.165, 1.54) is 0 Å². The maximum absolute atomic E-state index is 10.5. The zero-order chi connectivity index (χ0) is 16.7. The Morgan fingerprint density at radius 1 is 0.957 bits per heavy atom. The average Bonchev–Trinajstić information content (AvgIpc) is 2.76. The third-order valence-corrected chi connectivity index (χ3v) is 4.74. The van der Waals surface area contributed by atoms with Crippen molar-refractivity contribution in [3.05, 3.63) is 59.9 Å². The maximum Gasteiger partial charge on any atom is 0.496 e. The second-order valence-electron chi connectivity index (χ2n) is 6.95. The van der Waals surface area contributed by atoms with Crippen LogP contribution < -0.4 is 5.46 Å². The standard InChI is InChI=1S/C18H22BNO3/c1-17(2)18(3,4)23-19(22-17)15-10-14(11-20-12-15)16(21)13-8-6-5-7-9-13/h5-12,16,21H,1-4H3. The van der Waals surface area contributed by atoms with Crippen LogP contribution in [0.3, 0.4) is 0 Å². The van der Waals surface area contributed by atoms with Gasteiger partial charge in [0.15, 0.2) is 0 Å². The Kier molecular flexibility index (Phi) is 4.04. The summed E-state index contributed by atoms with van der Waals surface area (Å²) in [6.45, 7) is 8.07. The molecule has 0 radical (unpaired) electrons. The second-order valence-corrected chi connectivity index (χ2v) is 6.95. The van der Waals surface area contributed by atoms with Gasteiger partial charge in [0.05, 0.1) is 11.2 Å². The Labute approximate surface area is 137 Å². The molecule has 2 heterocycles. The molecule has 1 unspecified atom stereocenters. The molecule has 0 spiro atoms. The highest BCUT2D eigenvalue weighted by Crippen LogP contribution is 2.36. The number of benzene rings is 1. The molecule has 23 heavy (non-hydrogen) atoms. The quantitative estimate of drug-likeness (QED) is 0.885. The van der Waals surface area contributed by atoms with E-state index in [1.54, 1.807) is 12.4 Å². The van der Waals surface area contributed by atoms with Crippen LogP contribution in [-0.4, -0.2) is 28.4 Å². The van der Waals surface area contributed by atoms with Gasteiger partial charge in [0.1, 0.15) is 6.10 Å². The van der Waals surface area contributed by atoms with Gasteiger partial charge < -0.3 is 14.4 Å². The summed E-state index contributed by atoms with van der Waals surface area (Å²) in [4.78, 5) is 4.25. The van der Waals surface area contributed by atoms with E-state index < -0.39 is 24.4 Å². The fraction of sp³-hybridized carbons (Fsp3) is 0.389. The van der Waals surface area contributed by atoms with Crippen molar-refractivity contribution in [2.75, 3.05) is 0 Å². The minimum absolute atomic E-state index is 0.397. The molecule has 2 aromatic rings. The molecule has 1 atom stereocenters. The first-order valence-corrected chi connectivity index (χ1v) is 7.84. The predicted octanol–water partition coefficient (Wildman–Crippen LogP) is 2.46. The Morgan fingerprint density at radius 2 is 1.57 bits per heavy atom. The zero-order valence-corrected chi connectivity index (χ0v) is 14.0. The van der Waals surface area contributed by atoms with Crippen molar-refractivity contribution in [2.45, 2.75) is 45.0 Å². The smallest absolute Gasteiger partial charge is 0.399 e. The first-order valence-electron chi connectivity index (χ1n) is 7.84. The fourth-order valence-electron chi connectivity index (χ4n) is 2.56. The lowest BCUT2D eigenvalue weighted by molar-refractivity contribution is 0.00578. The van der Waals surface area contributed by atoms with Crippen LogP contribution in [0, 0.1) is 0 Å². The molecule has 0 aliphatic carbocycles. The number of hydrogen-bond acceptors (Lipinski definition) is 4. The number of hydrogen-bond donors (Lipinski definition) is 1. The molecule has 0 bridgehead atoms. The van der Waals surface area contributed by atoms with Crippen molar-refractivity contribution in [1.82, 2.24) is 4.98 Å². The molecule has 1 N–H and O–H groups in total. The summed E-state index contributed by atoms with van der Waals surface area (Å²) in [5.41, 5.74) is 1.58. The van der Waals surface area contributed by atoms with Gasteiger partial charge in [-0.1, -0.05) is 36.4 Å². The van der Waals surface area contributed by atoms with E-state index in [-0.39, 0.29) is 0 Å². The fourth-order valence-corrected chi connectivity index (χ4v) is 2.56. The van der Waals surface area contributed by atoms with Crippen molar-refractivity contribution in [3.8, 4) is 0 Å². The molecule has 3 rings (SSSR count). The number of nitrogens with zero attached hydrogens (tertiary/aromatic N) is 1. The molecule has 1 aliphatic rings. The van der Waals surface area contributed by atoms with Crippen molar-refractivity contribution in [3.63, 3.8) is 0 Å². The SMILES string of the molecule is CC1(C)OB(c2cncc(C(O)c3ccccc3)c2)OC1(C)C. The van der Waals surface area contributed by atoms with E-state index in [9.17, 15) is 5.11 Å². The summed E-state index contributed by atoms with van der Waals surface area (Å²) >= 11 is 0. The monoisotopic (exact) mass is 311 g/mol. The topological polar surface area (TPSA) is 51.6 Å². The van der Waals surface area contributed by atoms with E-state index in [0.717, 1.165) is 16.6 Å². The van der Waals surface area contributed by atoms with E-state index in [0.29, 0.717) is 0 Å². The van der Waals surface area contributed by atoms with Crippen LogP contribution in [0.1, 0.15) is 44.9 Å². The summed E-state index contributed by atoms with van der Waals surface area (Å²) in [7, 11) is -0.476. The van der Waals surface area contributed by atoms with Gasteiger partial charge in [0.2, 0.25) is 0 Å². The summed E-state index contributed by atoms with van der Waals surface area (Å²) < 4.78 is 12.1. The highest BCUT2D eigenvalue weighted by Gasteiger charge is 2.51. The third-order valence-electron chi connectivity index (χ3n) is 4.74. The van der Waals surface area contributed by atoms with Gasteiger partial charge >= 0.3 is 7.12 Å². The van der Waals surface area contributed by atoms with Gasteiger partial charge in [-0.2, -0.15) is 0 Å². The van der Waals surface area contributed by atoms with Gasteiger partial charge in [-0.25, -0.2) is 0 Å². The first-order chi connectivity index (χ1) is 10.8. The van der Waals surface area contributed by atoms with Crippen molar-refractivity contribution < 1.29 is 14.4 Å². The van der Waals surface area contributed by atoms with Gasteiger partial charge in [-0.05, 0) is 33.3 Å². The molecular weight excluding hydrogens is 289 g/mol. The van der Waals surface area contributed by atoms with E-state index in [4.69, 9.17) is 9.31 Å². The number of pyridine rings is 1. The van der Waals surface area contributed by atoms with Gasteiger partial charge in [-0.3, -0.25) is 4.98 Å². The lowest BCUT2D eigenvalue weighted by Gasteiger charge is -2.32. The van der Waals surface area contributed by atoms with Gasteiger partial charge in [-0.15, -0.1) is 0 Å². The molecule has 1 saturated heterocycles. The van der Waals surface area contributed by atoms with Crippen molar-refractivity contribution in [1.29, 1.82) is 0 Å². The molecule has 1 aliphatic heterocycles. The van der Waals surface area contributed by atoms with Crippen LogP contribution in [0.5, 0.6) is 0 Å². The molecule has 4 nitrogen and oxygen atoms in total. The minimum Gasteiger partial charge on any atom is -0.399 e. The van der Waals surface area contributed by atoms with Crippen LogP contribution in [0.4, 0.5) is 0 Å². The number of rotatable bonds is 3. The van der Waals surface area contributed by atoms with Gasteiger partial charge in [0.25, 0.3) is 0 Å². The lowest BCUT2D eigenvalue weighted by atomic mass is 9.79. The number of aliphatic hydroxyl groups excluding tert-OH is 1. The predicted molar refractivity (Wildman–Crippen MR) is 90.5 cm³/mol. The van der Waals surface area contributed by atoms with E-state index in [2.05, 4.69) is 4.98 Å². The van der Waals surface area contributed by atoms with Gasteiger partial charge in [0, 0.05) is 23.4 Å². The molecule has 0 saturated carbocycles. The Hall–Kier alpha value is -1.69. The highest BCUT2D eigenvalue weighted by atomic mass is 16.7. The average molecular weight is 311 g/mol. The molecule has 0 amide bonds. The van der Waals surface area contributed by atoms with Crippen LogP contribution in [-0.2, 0) is 9.31 Å². The molecule has 1 aromatic heterocycles. The second kappa shape index (κ2) is 5.75. The Bertz CT molecular complexity index is 672. The maximum atomic E-state index is 10.5. The van der Waals surface area contributed by atoms with E-state index in [1.807, 2.05) is 64.1 Å². The third kappa shape index (κ3) is 3.04. The molecule has 1 aromatic carbocycles. The van der Waals surface area contributed by atoms with Crippen LogP contribution in [0.2, 0.25) is 0 Å². The first kappa shape index (κ1) is 16.2.